The zero-order chi connectivity index (χ0) is 24.9. The number of methoxy groups -OCH3 is 1. The Morgan fingerprint density at radius 1 is 0.889 bits per heavy atom. The van der Waals surface area contributed by atoms with E-state index in [0.29, 0.717) is 6.54 Å². The standard InChI is InChI=1S/C29H34N4O3/c1-36-25-9-5-8-24(20-25)32-16-18-33(19-17-32)29(35)23-12-14-31(15-13-23)21-28(34)30-27-11-4-7-22-6-2-3-10-26(22)27/h2-11,20,23H,12-19,21H2,1H3,(H,30,34). The number of amides is 2. The molecule has 0 aromatic heterocycles. The van der Waals surface area contributed by atoms with Crippen molar-refractivity contribution >= 4 is 34.0 Å². The van der Waals surface area contributed by atoms with E-state index < -0.39 is 0 Å². The van der Waals surface area contributed by atoms with Gasteiger partial charge in [-0.05, 0) is 49.5 Å². The van der Waals surface area contributed by atoms with Crippen LogP contribution < -0.4 is 15.0 Å². The maximum absolute atomic E-state index is 13.2. The molecule has 0 unspecified atom stereocenters. The van der Waals surface area contributed by atoms with Crippen LogP contribution in [0.3, 0.4) is 0 Å². The molecule has 2 aliphatic heterocycles. The molecule has 2 aliphatic rings. The highest BCUT2D eigenvalue weighted by Gasteiger charge is 2.31. The van der Waals surface area contributed by atoms with Gasteiger partial charge in [0, 0.05) is 54.9 Å². The highest BCUT2D eigenvalue weighted by Crippen LogP contribution is 2.25. The van der Waals surface area contributed by atoms with Gasteiger partial charge in [0.2, 0.25) is 11.8 Å². The molecule has 0 saturated carbocycles. The van der Waals surface area contributed by atoms with Gasteiger partial charge in [-0.1, -0.05) is 42.5 Å². The minimum Gasteiger partial charge on any atom is -0.497 e. The van der Waals surface area contributed by atoms with Gasteiger partial charge in [0.1, 0.15) is 5.75 Å². The van der Waals surface area contributed by atoms with E-state index in [1.54, 1.807) is 7.11 Å². The number of fused-ring (bicyclic) bond motifs is 1. The third-order valence-electron chi connectivity index (χ3n) is 7.38. The molecule has 3 aromatic rings. The highest BCUT2D eigenvalue weighted by molar-refractivity contribution is 6.02. The molecular formula is C29H34N4O3. The average molecular weight is 487 g/mol. The molecule has 0 radical (unpaired) electrons. The van der Waals surface area contributed by atoms with Gasteiger partial charge in [-0.15, -0.1) is 0 Å². The summed E-state index contributed by atoms with van der Waals surface area (Å²) in [4.78, 5) is 32.4. The molecule has 2 heterocycles. The maximum atomic E-state index is 13.2. The lowest BCUT2D eigenvalue weighted by atomic mass is 9.95. The molecule has 2 fully saturated rings. The molecule has 0 aliphatic carbocycles. The smallest absolute Gasteiger partial charge is 0.238 e. The fraction of sp³-hybridized carbons (Fsp3) is 0.379. The Morgan fingerprint density at radius 3 is 2.39 bits per heavy atom. The van der Waals surface area contributed by atoms with Crippen molar-refractivity contribution in [3.63, 3.8) is 0 Å². The van der Waals surface area contributed by atoms with Crippen LogP contribution in [0.25, 0.3) is 10.8 Å². The van der Waals surface area contributed by atoms with Gasteiger partial charge < -0.3 is 19.9 Å². The van der Waals surface area contributed by atoms with E-state index in [0.717, 1.165) is 80.0 Å². The first-order valence-corrected chi connectivity index (χ1v) is 12.8. The highest BCUT2D eigenvalue weighted by atomic mass is 16.5. The Kier molecular flexibility index (Phi) is 7.37. The Morgan fingerprint density at radius 2 is 1.61 bits per heavy atom. The summed E-state index contributed by atoms with van der Waals surface area (Å²) >= 11 is 0. The van der Waals surface area contributed by atoms with Crippen LogP contribution in [0.1, 0.15) is 12.8 Å². The summed E-state index contributed by atoms with van der Waals surface area (Å²) in [7, 11) is 1.68. The molecule has 188 valence electrons. The van der Waals surface area contributed by atoms with Gasteiger partial charge in [0.05, 0.1) is 13.7 Å². The van der Waals surface area contributed by atoms with Crippen LogP contribution in [-0.2, 0) is 9.59 Å². The van der Waals surface area contributed by atoms with E-state index in [1.807, 2.05) is 65.6 Å². The fourth-order valence-electron chi connectivity index (χ4n) is 5.32. The van der Waals surface area contributed by atoms with Gasteiger partial charge in [-0.3, -0.25) is 14.5 Å². The number of hydrogen-bond acceptors (Lipinski definition) is 5. The van der Waals surface area contributed by atoms with Crippen LogP contribution >= 0.6 is 0 Å². The number of anilines is 2. The summed E-state index contributed by atoms with van der Waals surface area (Å²) < 4.78 is 5.34. The summed E-state index contributed by atoms with van der Waals surface area (Å²) in [6.45, 7) is 5.02. The summed E-state index contributed by atoms with van der Waals surface area (Å²) in [5, 5.41) is 5.23. The average Bonchev–Trinajstić information content (AvgIpc) is 2.93. The molecule has 2 amide bonds. The van der Waals surface area contributed by atoms with Crippen molar-refractivity contribution in [1.29, 1.82) is 0 Å². The summed E-state index contributed by atoms with van der Waals surface area (Å²) in [5.41, 5.74) is 1.98. The molecule has 0 spiro atoms. The molecule has 36 heavy (non-hydrogen) atoms. The number of piperazine rings is 1. The van der Waals surface area contributed by atoms with Crippen LogP contribution in [0, 0.1) is 5.92 Å². The van der Waals surface area contributed by atoms with E-state index >= 15 is 0 Å². The lowest BCUT2D eigenvalue weighted by molar-refractivity contribution is -0.137. The van der Waals surface area contributed by atoms with Crippen LogP contribution in [0.4, 0.5) is 11.4 Å². The monoisotopic (exact) mass is 486 g/mol. The molecule has 2 saturated heterocycles. The van der Waals surface area contributed by atoms with Gasteiger partial charge in [-0.2, -0.15) is 0 Å². The maximum Gasteiger partial charge on any atom is 0.238 e. The first-order chi connectivity index (χ1) is 17.6. The second-order valence-corrected chi connectivity index (χ2v) is 9.64. The largest absolute Gasteiger partial charge is 0.497 e. The molecule has 5 rings (SSSR count). The molecule has 7 nitrogen and oxygen atoms in total. The van der Waals surface area contributed by atoms with Gasteiger partial charge in [0.15, 0.2) is 0 Å². The number of likely N-dealkylation sites (tertiary alicyclic amines) is 1. The molecular weight excluding hydrogens is 452 g/mol. The Bertz CT molecular complexity index is 1210. The van der Waals surface area contributed by atoms with Crippen LogP contribution in [0.5, 0.6) is 5.75 Å². The molecule has 1 N–H and O–H groups in total. The minimum atomic E-state index is -0.00945. The summed E-state index contributed by atoms with van der Waals surface area (Å²) in [6, 6.07) is 22.1. The second kappa shape index (κ2) is 11.0. The number of hydrogen-bond donors (Lipinski definition) is 1. The van der Waals surface area contributed by atoms with Crippen molar-refractivity contribution in [2.75, 3.05) is 63.1 Å². The van der Waals surface area contributed by atoms with E-state index in [1.165, 1.54) is 0 Å². The third kappa shape index (κ3) is 5.46. The second-order valence-electron chi connectivity index (χ2n) is 9.64. The first kappa shape index (κ1) is 24.1. The van der Waals surface area contributed by atoms with Crippen molar-refractivity contribution < 1.29 is 14.3 Å². The molecule has 7 heteroatoms. The van der Waals surface area contributed by atoms with Crippen molar-refractivity contribution in [1.82, 2.24) is 9.80 Å². The number of nitrogens with zero attached hydrogens (tertiary/aromatic N) is 3. The molecule has 0 bridgehead atoms. The van der Waals surface area contributed by atoms with E-state index in [4.69, 9.17) is 4.74 Å². The van der Waals surface area contributed by atoms with Crippen molar-refractivity contribution in [3.05, 3.63) is 66.7 Å². The minimum absolute atomic E-state index is 0.00945. The van der Waals surface area contributed by atoms with Gasteiger partial charge in [-0.25, -0.2) is 0 Å². The zero-order valence-corrected chi connectivity index (χ0v) is 20.9. The van der Waals surface area contributed by atoms with Crippen LogP contribution in [-0.4, -0.2) is 74.5 Å². The van der Waals surface area contributed by atoms with E-state index in [9.17, 15) is 9.59 Å². The van der Waals surface area contributed by atoms with Crippen LogP contribution in [0.15, 0.2) is 66.7 Å². The predicted octanol–water partition coefficient (Wildman–Crippen LogP) is 3.85. The third-order valence-corrected chi connectivity index (χ3v) is 7.38. The van der Waals surface area contributed by atoms with Crippen molar-refractivity contribution in [2.24, 2.45) is 5.92 Å². The zero-order valence-electron chi connectivity index (χ0n) is 20.9. The Hall–Kier alpha value is -3.58. The SMILES string of the molecule is COc1cccc(N2CCN(C(=O)C3CCN(CC(=O)Nc4cccc5ccccc45)CC3)CC2)c1. The van der Waals surface area contributed by atoms with Gasteiger partial charge >= 0.3 is 0 Å². The van der Waals surface area contributed by atoms with Crippen LogP contribution in [0.2, 0.25) is 0 Å². The number of ether oxygens (including phenoxy) is 1. The topological polar surface area (TPSA) is 65.1 Å². The fourth-order valence-corrected chi connectivity index (χ4v) is 5.32. The summed E-state index contributed by atoms with van der Waals surface area (Å²) in [5.74, 6) is 1.15. The molecule has 3 aromatic carbocycles. The quantitative estimate of drug-likeness (QED) is 0.574. The number of carbonyl (C=O) groups excluding carboxylic acids is 2. The Balaban J connectivity index is 1.08. The van der Waals surface area contributed by atoms with E-state index in [2.05, 4.69) is 21.2 Å². The first-order valence-electron chi connectivity index (χ1n) is 12.8. The molecule has 0 atom stereocenters. The number of nitrogens with one attached hydrogen (secondary N) is 1. The lowest BCUT2D eigenvalue weighted by Gasteiger charge is -2.39. The number of piperidine rings is 1. The van der Waals surface area contributed by atoms with Crippen molar-refractivity contribution in [2.45, 2.75) is 12.8 Å². The lowest BCUT2D eigenvalue weighted by Crippen LogP contribution is -2.52. The van der Waals surface area contributed by atoms with E-state index in [-0.39, 0.29) is 17.7 Å². The number of benzene rings is 3. The van der Waals surface area contributed by atoms with Gasteiger partial charge in [0.25, 0.3) is 0 Å². The number of carbonyl (C=O) groups is 2. The number of rotatable bonds is 6. The normalized spacial score (nSPS) is 17.2. The summed E-state index contributed by atoms with van der Waals surface area (Å²) in [6.07, 6.45) is 1.60. The predicted molar refractivity (Wildman–Crippen MR) is 144 cm³/mol. The Labute approximate surface area is 212 Å². The van der Waals surface area contributed by atoms with Crippen molar-refractivity contribution in [3.8, 4) is 5.75 Å².